The number of carbonyl (C=O) groups is 2. The molecule has 3 aromatic carbocycles. The molecule has 0 aliphatic carbocycles. The number of carbonyl (C=O) groups excluding carboxylic acids is 2. The van der Waals surface area contributed by atoms with E-state index in [0.717, 1.165) is 9.87 Å². The van der Waals surface area contributed by atoms with Crippen molar-refractivity contribution in [3.8, 4) is 5.75 Å². The van der Waals surface area contributed by atoms with Crippen LogP contribution in [0.15, 0.2) is 77.7 Å². The number of benzene rings is 3. The van der Waals surface area contributed by atoms with Crippen LogP contribution < -0.4 is 14.4 Å². The molecule has 1 N–H and O–H groups in total. The van der Waals surface area contributed by atoms with Crippen molar-refractivity contribution in [1.29, 1.82) is 0 Å². The summed E-state index contributed by atoms with van der Waals surface area (Å²) in [6.45, 7) is 6.79. The number of nitrogens with one attached hydrogen (secondary N) is 1. The Kier molecular flexibility index (Phi) is 10.6. The topological polar surface area (TPSA) is 96.0 Å². The molecule has 1 atom stereocenters. The van der Waals surface area contributed by atoms with Gasteiger partial charge in [-0.1, -0.05) is 66.6 Å². The summed E-state index contributed by atoms with van der Waals surface area (Å²) in [6.07, 6.45) is 0.314. The largest absolute Gasteiger partial charge is 0.495 e. The van der Waals surface area contributed by atoms with E-state index in [4.69, 9.17) is 16.3 Å². The minimum Gasteiger partial charge on any atom is -0.495 e. The Hall–Kier alpha value is -3.56. The normalized spacial score (nSPS) is 12.1. The Bertz CT molecular complexity index is 1430. The van der Waals surface area contributed by atoms with E-state index < -0.39 is 28.5 Å². The molecule has 0 fully saturated rings. The van der Waals surface area contributed by atoms with Gasteiger partial charge in [0.1, 0.15) is 18.3 Å². The molecule has 3 aromatic rings. The maximum absolute atomic E-state index is 14.1. The van der Waals surface area contributed by atoms with Gasteiger partial charge in [-0.25, -0.2) is 8.42 Å². The van der Waals surface area contributed by atoms with Crippen LogP contribution in [0.4, 0.5) is 5.69 Å². The number of rotatable bonds is 12. The van der Waals surface area contributed by atoms with Gasteiger partial charge < -0.3 is 15.0 Å². The number of nitrogens with zero attached hydrogens (tertiary/aromatic N) is 2. The number of hydrogen-bond acceptors (Lipinski definition) is 5. The van der Waals surface area contributed by atoms with Gasteiger partial charge in [0.2, 0.25) is 11.8 Å². The SMILES string of the molecule is CCC(C(=O)NC(C)C)N(Cc1ccccc1Cl)C(=O)CN(c1ccccc1OC)S(=O)(=O)c1ccc(C)cc1. The summed E-state index contributed by atoms with van der Waals surface area (Å²) in [5.41, 5.74) is 1.74. The average Bonchev–Trinajstić information content (AvgIpc) is 2.92. The van der Waals surface area contributed by atoms with E-state index in [1.807, 2.05) is 20.8 Å². The number of hydrogen-bond donors (Lipinski definition) is 1. The highest BCUT2D eigenvalue weighted by Crippen LogP contribution is 2.33. The minimum absolute atomic E-state index is 0.0207. The second-order valence-electron chi connectivity index (χ2n) is 9.70. The van der Waals surface area contributed by atoms with E-state index in [-0.39, 0.29) is 34.8 Å². The first-order chi connectivity index (χ1) is 19.0. The van der Waals surface area contributed by atoms with Crippen LogP contribution in [0.5, 0.6) is 5.75 Å². The molecule has 0 heterocycles. The first kappa shape index (κ1) is 31.0. The summed E-state index contributed by atoms with van der Waals surface area (Å²) >= 11 is 6.43. The predicted octanol–water partition coefficient (Wildman–Crippen LogP) is 5.18. The monoisotopic (exact) mass is 585 g/mol. The molecule has 8 nitrogen and oxygen atoms in total. The van der Waals surface area contributed by atoms with Crippen LogP contribution in [0.1, 0.15) is 38.3 Å². The van der Waals surface area contributed by atoms with E-state index >= 15 is 0 Å². The van der Waals surface area contributed by atoms with Crippen molar-refractivity contribution in [1.82, 2.24) is 10.2 Å². The van der Waals surface area contributed by atoms with E-state index in [9.17, 15) is 18.0 Å². The lowest BCUT2D eigenvalue weighted by molar-refractivity contribution is -0.140. The summed E-state index contributed by atoms with van der Waals surface area (Å²) in [6, 6.07) is 19.1. The molecule has 3 rings (SSSR count). The molecular weight excluding hydrogens is 550 g/mol. The number of amides is 2. The molecule has 0 bridgehead atoms. The van der Waals surface area contributed by atoms with Gasteiger partial charge in [0, 0.05) is 17.6 Å². The van der Waals surface area contributed by atoms with Crippen molar-refractivity contribution in [2.75, 3.05) is 18.0 Å². The van der Waals surface area contributed by atoms with Crippen molar-refractivity contribution >= 4 is 39.1 Å². The third kappa shape index (κ3) is 7.34. The number of anilines is 1. The zero-order valence-corrected chi connectivity index (χ0v) is 25.0. The fourth-order valence-electron chi connectivity index (χ4n) is 4.30. The van der Waals surface area contributed by atoms with Gasteiger partial charge in [-0.3, -0.25) is 13.9 Å². The predicted molar refractivity (Wildman–Crippen MR) is 158 cm³/mol. The Labute approximate surface area is 241 Å². The standard InChI is InChI=1S/C30H36ClN3O5S/c1-6-26(30(36)32-21(2)3)33(19-23-11-7-8-12-25(23)31)29(35)20-34(27-13-9-10-14-28(27)39-5)40(37,38)24-17-15-22(4)16-18-24/h7-18,21,26H,6,19-20H2,1-5H3,(H,32,36). The van der Waals surface area contributed by atoms with Crippen LogP contribution in [0.25, 0.3) is 0 Å². The zero-order valence-electron chi connectivity index (χ0n) is 23.4. The quantitative estimate of drug-likeness (QED) is 0.316. The number of halogens is 1. The first-order valence-corrected chi connectivity index (χ1v) is 14.9. The fraction of sp³-hybridized carbons (Fsp3) is 0.333. The third-order valence-electron chi connectivity index (χ3n) is 6.36. The van der Waals surface area contributed by atoms with E-state index in [1.165, 1.54) is 24.1 Å². The summed E-state index contributed by atoms with van der Waals surface area (Å²) in [7, 11) is -2.77. The lowest BCUT2D eigenvalue weighted by atomic mass is 10.1. The van der Waals surface area contributed by atoms with Crippen LogP contribution in [-0.4, -0.2) is 50.9 Å². The molecule has 0 aliphatic heterocycles. The van der Waals surface area contributed by atoms with E-state index in [2.05, 4.69) is 5.32 Å². The second kappa shape index (κ2) is 13.7. The molecule has 0 aliphatic rings. The second-order valence-corrected chi connectivity index (χ2v) is 12.0. The lowest BCUT2D eigenvalue weighted by Gasteiger charge is -2.34. The summed E-state index contributed by atoms with van der Waals surface area (Å²) < 4.78 is 34.5. The Balaban J connectivity index is 2.11. The van der Waals surface area contributed by atoms with E-state index in [1.54, 1.807) is 67.6 Å². The van der Waals surface area contributed by atoms with Crippen LogP contribution in [-0.2, 0) is 26.2 Å². The third-order valence-corrected chi connectivity index (χ3v) is 8.50. The zero-order chi connectivity index (χ0) is 29.4. The molecule has 10 heteroatoms. The molecular formula is C30H36ClN3O5S. The van der Waals surface area contributed by atoms with Crippen LogP contribution in [0.2, 0.25) is 5.02 Å². The van der Waals surface area contributed by atoms with Gasteiger partial charge >= 0.3 is 0 Å². The summed E-state index contributed by atoms with van der Waals surface area (Å²) in [5.74, 6) is -0.608. The van der Waals surface area contributed by atoms with Crippen molar-refractivity contribution in [3.63, 3.8) is 0 Å². The van der Waals surface area contributed by atoms with Gasteiger partial charge in [0.15, 0.2) is 0 Å². The highest BCUT2D eigenvalue weighted by atomic mass is 35.5. The molecule has 40 heavy (non-hydrogen) atoms. The van der Waals surface area contributed by atoms with Gasteiger partial charge in [0.25, 0.3) is 10.0 Å². The van der Waals surface area contributed by atoms with Crippen molar-refractivity contribution in [2.45, 2.75) is 57.6 Å². The lowest BCUT2D eigenvalue weighted by Crippen LogP contribution is -2.53. The molecule has 0 aromatic heterocycles. The molecule has 0 saturated heterocycles. The van der Waals surface area contributed by atoms with Crippen molar-refractivity contribution in [3.05, 3.63) is 88.9 Å². The number of para-hydroxylation sites is 2. The summed E-state index contributed by atoms with van der Waals surface area (Å²) in [5, 5.41) is 3.31. The number of aryl methyl sites for hydroxylation is 1. The highest BCUT2D eigenvalue weighted by molar-refractivity contribution is 7.92. The maximum Gasteiger partial charge on any atom is 0.264 e. The van der Waals surface area contributed by atoms with Crippen LogP contribution in [0, 0.1) is 6.92 Å². The Morgan fingerprint density at radius 2 is 1.60 bits per heavy atom. The van der Waals surface area contributed by atoms with Gasteiger partial charge in [-0.2, -0.15) is 0 Å². The van der Waals surface area contributed by atoms with Crippen LogP contribution in [0.3, 0.4) is 0 Å². The Morgan fingerprint density at radius 3 is 2.20 bits per heavy atom. The van der Waals surface area contributed by atoms with Gasteiger partial charge in [-0.05, 0) is 63.1 Å². The molecule has 0 saturated carbocycles. The average molecular weight is 586 g/mol. The summed E-state index contributed by atoms with van der Waals surface area (Å²) in [4.78, 5) is 28.8. The molecule has 1 unspecified atom stereocenters. The molecule has 214 valence electrons. The Morgan fingerprint density at radius 1 is 0.975 bits per heavy atom. The van der Waals surface area contributed by atoms with Gasteiger partial charge in [-0.15, -0.1) is 0 Å². The number of ether oxygens (including phenoxy) is 1. The highest BCUT2D eigenvalue weighted by Gasteiger charge is 2.35. The maximum atomic E-state index is 14.1. The van der Waals surface area contributed by atoms with Crippen molar-refractivity contribution in [2.24, 2.45) is 0 Å². The molecule has 0 spiro atoms. The first-order valence-electron chi connectivity index (χ1n) is 13.0. The van der Waals surface area contributed by atoms with Crippen LogP contribution >= 0.6 is 11.6 Å². The van der Waals surface area contributed by atoms with Crippen molar-refractivity contribution < 1.29 is 22.7 Å². The number of sulfonamides is 1. The number of methoxy groups -OCH3 is 1. The molecule has 0 radical (unpaired) electrons. The fourth-order valence-corrected chi connectivity index (χ4v) is 5.92. The van der Waals surface area contributed by atoms with E-state index in [0.29, 0.717) is 17.0 Å². The van der Waals surface area contributed by atoms with Gasteiger partial charge in [0.05, 0.1) is 17.7 Å². The minimum atomic E-state index is -4.21. The smallest absolute Gasteiger partial charge is 0.264 e. The molecule has 2 amide bonds.